The topological polar surface area (TPSA) is 237 Å². The first-order chi connectivity index (χ1) is 50.4. The monoisotopic (exact) mass is 1520 g/mol. The summed E-state index contributed by atoms with van der Waals surface area (Å²) in [6.45, 7) is 9.65. The molecular weight excluding hydrogens is 1350 g/mol. The lowest BCUT2D eigenvalue weighted by atomic mass is 9.99. The number of rotatable bonds is 84. The molecule has 0 fully saturated rings. The highest BCUT2D eigenvalue weighted by molar-refractivity contribution is 7.47. The zero-order valence-electron chi connectivity index (χ0n) is 68.3. The highest BCUT2D eigenvalue weighted by Gasteiger charge is 2.30. The fourth-order valence-electron chi connectivity index (χ4n) is 13.2. The van der Waals surface area contributed by atoms with Crippen LogP contribution < -0.4 is 0 Å². The van der Waals surface area contributed by atoms with Gasteiger partial charge in [0.15, 0.2) is 12.2 Å². The van der Waals surface area contributed by atoms with Gasteiger partial charge in [-0.2, -0.15) is 0 Å². The molecule has 0 aliphatic rings. The molecule has 0 aliphatic carbocycles. The van der Waals surface area contributed by atoms with Crippen LogP contribution in [0.4, 0.5) is 0 Å². The Morgan fingerprint density at radius 1 is 0.269 bits per heavy atom. The number of hydrogen-bond acceptors (Lipinski definition) is 15. The van der Waals surface area contributed by atoms with Gasteiger partial charge in [-0.25, -0.2) is 9.13 Å². The predicted octanol–water partition coefficient (Wildman–Crippen LogP) is 25.8. The van der Waals surface area contributed by atoms with E-state index in [1.807, 2.05) is 0 Å². The van der Waals surface area contributed by atoms with Crippen molar-refractivity contribution >= 4 is 39.5 Å². The number of phosphoric acid groups is 2. The normalized spacial score (nSPS) is 14.4. The molecule has 0 spiro atoms. The molecular formula is C85H166O17P2. The first kappa shape index (κ1) is 102. The van der Waals surface area contributed by atoms with Crippen molar-refractivity contribution in [2.75, 3.05) is 39.6 Å². The van der Waals surface area contributed by atoms with Crippen molar-refractivity contribution in [2.45, 2.75) is 471 Å². The van der Waals surface area contributed by atoms with Gasteiger partial charge in [0.1, 0.15) is 19.3 Å². The van der Waals surface area contributed by atoms with Crippen molar-refractivity contribution in [1.29, 1.82) is 0 Å². The van der Waals surface area contributed by atoms with E-state index in [0.29, 0.717) is 25.7 Å². The number of carbonyl (C=O) groups is 4. The van der Waals surface area contributed by atoms with E-state index in [9.17, 15) is 43.2 Å². The molecule has 19 heteroatoms. The number of aliphatic hydroxyl groups excluding tert-OH is 1. The summed E-state index contributed by atoms with van der Waals surface area (Å²) >= 11 is 0. The van der Waals surface area contributed by atoms with Crippen LogP contribution in [0, 0.1) is 11.8 Å². The maximum Gasteiger partial charge on any atom is 0.472 e. The Morgan fingerprint density at radius 2 is 0.462 bits per heavy atom. The molecule has 0 aromatic carbocycles. The molecule has 0 aromatic rings. The number of aliphatic hydroxyl groups is 1. The fourth-order valence-corrected chi connectivity index (χ4v) is 14.8. The second-order valence-corrected chi connectivity index (χ2v) is 34.0. The van der Waals surface area contributed by atoms with E-state index in [1.165, 1.54) is 270 Å². The fraction of sp³-hybridized carbons (Fsp3) is 0.953. The van der Waals surface area contributed by atoms with Gasteiger partial charge in [-0.3, -0.25) is 37.3 Å². The highest BCUT2D eigenvalue weighted by atomic mass is 31.2. The molecule has 4 unspecified atom stereocenters. The van der Waals surface area contributed by atoms with Gasteiger partial charge in [-0.05, 0) is 37.5 Å². The molecule has 7 atom stereocenters. The molecule has 0 rings (SSSR count). The van der Waals surface area contributed by atoms with Crippen LogP contribution in [0.5, 0.6) is 0 Å². The quantitative estimate of drug-likeness (QED) is 0.0222. The van der Waals surface area contributed by atoms with E-state index in [1.54, 1.807) is 0 Å². The zero-order valence-corrected chi connectivity index (χ0v) is 70.1. The van der Waals surface area contributed by atoms with Crippen molar-refractivity contribution in [2.24, 2.45) is 11.8 Å². The minimum absolute atomic E-state index is 0.105. The lowest BCUT2D eigenvalue weighted by Gasteiger charge is -2.21. The van der Waals surface area contributed by atoms with Crippen LogP contribution in [0.15, 0.2) is 0 Å². The molecule has 0 saturated heterocycles. The summed E-state index contributed by atoms with van der Waals surface area (Å²) in [6, 6.07) is 0. The van der Waals surface area contributed by atoms with E-state index >= 15 is 0 Å². The Bertz CT molecular complexity index is 2000. The summed E-state index contributed by atoms with van der Waals surface area (Å²) in [5.41, 5.74) is 0. The summed E-state index contributed by atoms with van der Waals surface area (Å²) in [7, 11) is -9.93. The maximum atomic E-state index is 13.1. The van der Waals surface area contributed by atoms with Crippen LogP contribution in [-0.2, 0) is 65.4 Å². The Kier molecular flexibility index (Phi) is 75.0. The Morgan fingerprint density at radius 3 is 0.683 bits per heavy atom. The van der Waals surface area contributed by atoms with Gasteiger partial charge in [0.25, 0.3) is 0 Å². The summed E-state index contributed by atoms with van der Waals surface area (Å²) < 4.78 is 68.8. The SMILES string of the molecule is CCCCCCCCCCCCCCCCCCCCCCCCC(=O)O[C@H](COC(=O)CCCCCCCCCCCCCCCCCCCC)COP(=O)(O)OC[C@@H](O)COP(=O)(O)OC[C@@H](COC(=O)CCCCCCCCCCC(C)CC)OC(=O)CCCCCCCCCCC(C)CC. The average molecular weight is 1520 g/mol. The number of carbonyl (C=O) groups excluding carboxylic acids is 4. The predicted molar refractivity (Wildman–Crippen MR) is 428 cm³/mol. The third kappa shape index (κ3) is 75.5. The molecule has 0 aliphatic heterocycles. The van der Waals surface area contributed by atoms with Gasteiger partial charge >= 0.3 is 39.5 Å². The standard InChI is InChI=1S/C85H166O17P2/c1-7-11-13-15-17-19-21-23-25-27-29-30-31-32-34-36-38-40-42-51-57-63-69-84(89)101-80(73-95-82(87)67-61-55-49-41-39-37-35-33-28-26-24-22-20-18-16-14-12-8-2)75-99-103(91,92)97-71-79(86)72-98-104(93,94)100-76-81(102-85(90)70-64-58-52-46-44-48-54-60-66-78(6)10-4)74-96-83(88)68-62-56-50-45-43-47-53-59-65-77(5)9-3/h77-81,86H,7-76H2,1-6H3,(H,91,92)(H,93,94)/t77?,78?,79-,80-,81-/m1/s1. The van der Waals surface area contributed by atoms with Gasteiger partial charge in [-0.15, -0.1) is 0 Å². The number of esters is 4. The van der Waals surface area contributed by atoms with Crippen LogP contribution in [0.1, 0.15) is 452 Å². The first-order valence-electron chi connectivity index (χ1n) is 44.1. The lowest BCUT2D eigenvalue weighted by molar-refractivity contribution is -0.161. The Labute approximate surface area is 638 Å². The Hall–Kier alpha value is -1.94. The number of hydrogen-bond donors (Lipinski definition) is 3. The van der Waals surface area contributed by atoms with Gasteiger partial charge in [0.05, 0.1) is 26.4 Å². The van der Waals surface area contributed by atoms with Crippen LogP contribution >= 0.6 is 15.6 Å². The third-order valence-electron chi connectivity index (χ3n) is 20.7. The second-order valence-electron chi connectivity index (χ2n) is 31.1. The second kappa shape index (κ2) is 76.4. The number of phosphoric ester groups is 2. The molecule has 0 radical (unpaired) electrons. The number of ether oxygens (including phenoxy) is 4. The molecule has 0 saturated carbocycles. The van der Waals surface area contributed by atoms with Crippen molar-refractivity contribution in [3.63, 3.8) is 0 Å². The van der Waals surface area contributed by atoms with Crippen LogP contribution in [0.25, 0.3) is 0 Å². The lowest BCUT2D eigenvalue weighted by Crippen LogP contribution is -2.30. The van der Waals surface area contributed by atoms with E-state index in [0.717, 1.165) is 102 Å². The summed E-state index contributed by atoms with van der Waals surface area (Å²) in [5.74, 6) is -0.560. The van der Waals surface area contributed by atoms with E-state index < -0.39 is 97.5 Å². The molecule has 0 bridgehead atoms. The minimum atomic E-state index is -4.97. The van der Waals surface area contributed by atoms with Gasteiger partial charge in [0.2, 0.25) is 0 Å². The maximum absolute atomic E-state index is 13.1. The molecule has 618 valence electrons. The van der Waals surface area contributed by atoms with Gasteiger partial charge in [0, 0.05) is 25.7 Å². The van der Waals surface area contributed by atoms with E-state index in [-0.39, 0.29) is 25.7 Å². The molecule has 0 amide bonds. The van der Waals surface area contributed by atoms with Crippen LogP contribution in [0.3, 0.4) is 0 Å². The first-order valence-corrected chi connectivity index (χ1v) is 47.1. The van der Waals surface area contributed by atoms with Crippen molar-refractivity contribution in [3.8, 4) is 0 Å². The summed E-state index contributed by atoms with van der Waals surface area (Å²) in [4.78, 5) is 73.2. The summed E-state index contributed by atoms with van der Waals surface area (Å²) in [5, 5.41) is 10.7. The molecule has 0 heterocycles. The highest BCUT2D eigenvalue weighted by Crippen LogP contribution is 2.45. The zero-order chi connectivity index (χ0) is 76.4. The van der Waals surface area contributed by atoms with Gasteiger partial charge in [-0.1, -0.05) is 401 Å². The summed E-state index contributed by atoms with van der Waals surface area (Å²) in [6.07, 6.45) is 68.1. The van der Waals surface area contributed by atoms with Crippen molar-refractivity contribution in [3.05, 3.63) is 0 Å². The van der Waals surface area contributed by atoms with Crippen molar-refractivity contribution < 1.29 is 80.2 Å². The van der Waals surface area contributed by atoms with Crippen LogP contribution in [-0.4, -0.2) is 96.7 Å². The Balaban J connectivity index is 5.23. The van der Waals surface area contributed by atoms with E-state index in [4.69, 9.17) is 37.0 Å². The molecule has 17 nitrogen and oxygen atoms in total. The van der Waals surface area contributed by atoms with Crippen LogP contribution in [0.2, 0.25) is 0 Å². The average Bonchev–Trinajstić information content (AvgIpc) is 0.908. The molecule has 0 aromatic heterocycles. The van der Waals surface area contributed by atoms with E-state index in [2.05, 4.69) is 41.5 Å². The largest absolute Gasteiger partial charge is 0.472 e. The smallest absolute Gasteiger partial charge is 0.462 e. The third-order valence-corrected chi connectivity index (χ3v) is 22.6. The van der Waals surface area contributed by atoms with Gasteiger partial charge < -0.3 is 33.8 Å². The molecule has 3 N–H and O–H groups in total. The minimum Gasteiger partial charge on any atom is -0.462 e. The number of unbranched alkanes of at least 4 members (excludes halogenated alkanes) is 52. The van der Waals surface area contributed by atoms with Crippen molar-refractivity contribution in [1.82, 2.24) is 0 Å². The molecule has 104 heavy (non-hydrogen) atoms.